The Kier molecular flexibility index (Phi) is 2.56. The maximum absolute atomic E-state index is 6.54. The van der Waals surface area contributed by atoms with E-state index in [1.165, 1.54) is 24.0 Å². The van der Waals surface area contributed by atoms with Crippen LogP contribution < -0.4 is 0 Å². The number of hydrogen-bond acceptors (Lipinski definition) is 2. The number of benzene rings is 1. The molecule has 0 radical (unpaired) electrons. The first kappa shape index (κ1) is 14.5. The normalized spacial score (nSPS) is 44.8. The number of aryl methyl sites for hydroxylation is 1. The van der Waals surface area contributed by atoms with Crippen LogP contribution >= 0.6 is 0 Å². The van der Waals surface area contributed by atoms with Gasteiger partial charge in [0.05, 0.1) is 11.2 Å². The molecule has 1 heterocycles. The zero-order valence-electron chi connectivity index (χ0n) is 14.9. The van der Waals surface area contributed by atoms with Gasteiger partial charge in [-0.3, -0.25) is 0 Å². The van der Waals surface area contributed by atoms with Crippen LogP contribution in [-0.4, -0.2) is 18.3 Å². The highest BCUT2D eigenvalue weighted by Gasteiger charge is 2.86. The highest BCUT2D eigenvalue weighted by Crippen LogP contribution is 2.90. The maximum atomic E-state index is 6.54. The van der Waals surface area contributed by atoms with E-state index in [-0.39, 0.29) is 23.6 Å². The summed E-state index contributed by atoms with van der Waals surface area (Å²) in [5.74, 6) is 3.13. The summed E-state index contributed by atoms with van der Waals surface area (Å²) < 4.78 is 13.1. The van der Waals surface area contributed by atoms with Crippen molar-refractivity contribution in [2.75, 3.05) is 0 Å². The molecule has 0 amide bonds. The minimum atomic E-state index is -0.218. The first-order valence-electron chi connectivity index (χ1n) is 9.19. The fraction of sp³-hybridized carbons (Fsp3) is 0.700. The van der Waals surface area contributed by atoms with Crippen molar-refractivity contribution in [3.63, 3.8) is 0 Å². The molecule has 0 aromatic heterocycles. The zero-order valence-corrected chi connectivity index (χ0v) is 14.9. The SMILES string of the molecule is Cc1ccc(C2C3CC4C(C3)C42B2OC(C)(C)C(C)(C)O2)cc1. The van der Waals surface area contributed by atoms with Crippen LogP contribution in [0, 0.1) is 24.7 Å². The topological polar surface area (TPSA) is 18.5 Å². The summed E-state index contributed by atoms with van der Waals surface area (Å²) in [5.41, 5.74) is 2.42. The van der Waals surface area contributed by atoms with E-state index in [1.54, 1.807) is 0 Å². The van der Waals surface area contributed by atoms with Crippen molar-refractivity contribution >= 4 is 7.12 Å². The lowest BCUT2D eigenvalue weighted by Gasteiger charge is -2.32. The Hall–Kier alpha value is -0.795. The second kappa shape index (κ2) is 4.05. The van der Waals surface area contributed by atoms with Crippen LogP contribution in [0.5, 0.6) is 0 Å². The summed E-state index contributed by atoms with van der Waals surface area (Å²) in [6, 6.07) is 9.23. The lowest BCUT2D eigenvalue weighted by molar-refractivity contribution is 0.00578. The van der Waals surface area contributed by atoms with Gasteiger partial charge in [-0.15, -0.1) is 0 Å². The molecule has 122 valence electrons. The Labute approximate surface area is 140 Å². The van der Waals surface area contributed by atoms with Gasteiger partial charge in [-0.25, -0.2) is 0 Å². The van der Waals surface area contributed by atoms with Crippen molar-refractivity contribution < 1.29 is 9.31 Å². The van der Waals surface area contributed by atoms with Crippen LogP contribution in [0.2, 0.25) is 5.31 Å². The van der Waals surface area contributed by atoms with Crippen LogP contribution in [0.1, 0.15) is 57.6 Å². The van der Waals surface area contributed by atoms with Crippen molar-refractivity contribution in [2.24, 2.45) is 17.8 Å². The third kappa shape index (κ3) is 1.59. The molecule has 0 N–H and O–H groups in total. The van der Waals surface area contributed by atoms with Gasteiger partial charge >= 0.3 is 7.12 Å². The van der Waals surface area contributed by atoms with Gasteiger partial charge in [0, 0.05) is 5.31 Å². The lowest BCUT2D eigenvalue weighted by atomic mass is 9.60. The lowest BCUT2D eigenvalue weighted by Crippen LogP contribution is -2.41. The van der Waals surface area contributed by atoms with Crippen molar-refractivity contribution in [3.8, 4) is 0 Å². The summed E-state index contributed by atoms with van der Waals surface area (Å²) in [5, 5.41) is 0.255. The molecule has 1 aliphatic heterocycles. The van der Waals surface area contributed by atoms with Crippen LogP contribution in [0.15, 0.2) is 24.3 Å². The Morgan fingerprint density at radius 2 is 1.43 bits per heavy atom. The minimum absolute atomic E-state index is 0.0266. The second-order valence-corrected chi connectivity index (χ2v) is 9.42. The summed E-state index contributed by atoms with van der Waals surface area (Å²) in [6.07, 6.45) is 2.76. The van der Waals surface area contributed by atoms with Gasteiger partial charge in [0.1, 0.15) is 0 Å². The zero-order chi connectivity index (χ0) is 16.2. The highest BCUT2D eigenvalue weighted by atomic mass is 16.7. The van der Waals surface area contributed by atoms with E-state index in [4.69, 9.17) is 9.31 Å². The summed E-state index contributed by atoms with van der Waals surface area (Å²) >= 11 is 0. The largest absolute Gasteiger partial charge is 0.465 e. The van der Waals surface area contributed by atoms with Crippen molar-refractivity contribution in [1.82, 2.24) is 0 Å². The molecule has 1 aromatic rings. The highest BCUT2D eigenvalue weighted by molar-refractivity contribution is 6.52. The summed E-state index contributed by atoms with van der Waals surface area (Å²) in [4.78, 5) is 0. The molecular formula is C20H27BO2. The predicted molar refractivity (Wildman–Crippen MR) is 92.4 cm³/mol. The molecule has 0 spiro atoms. The van der Waals surface area contributed by atoms with Gasteiger partial charge in [0.15, 0.2) is 0 Å². The van der Waals surface area contributed by atoms with Crippen LogP contribution in [0.4, 0.5) is 0 Å². The van der Waals surface area contributed by atoms with E-state index >= 15 is 0 Å². The molecule has 4 saturated carbocycles. The monoisotopic (exact) mass is 310 g/mol. The van der Waals surface area contributed by atoms with Gasteiger partial charge < -0.3 is 9.31 Å². The molecule has 4 bridgehead atoms. The quantitative estimate of drug-likeness (QED) is 0.744. The fourth-order valence-corrected chi connectivity index (χ4v) is 6.09. The molecular weight excluding hydrogens is 283 g/mol. The van der Waals surface area contributed by atoms with Gasteiger partial charge in [0.25, 0.3) is 0 Å². The predicted octanol–water partition coefficient (Wildman–Crippen LogP) is 4.58. The molecule has 6 rings (SSSR count). The van der Waals surface area contributed by atoms with Crippen LogP contribution in [0.25, 0.3) is 0 Å². The molecule has 5 aliphatic rings. The third-order valence-electron chi connectivity index (χ3n) is 7.88. The molecule has 1 saturated heterocycles. The average Bonchev–Trinajstić information content (AvgIpc) is 2.89. The Morgan fingerprint density at radius 3 is 1.96 bits per heavy atom. The third-order valence-corrected chi connectivity index (χ3v) is 7.88. The summed E-state index contributed by atoms with van der Waals surface area (Å²) in [6.45, 7) is 10.9. The van der Waals surface area contributed by atoms with E-state index < -0.39 is 0 Å². The molecule has 3 unspecified atom stereocenters. The van der Waals surface area contributed by atoms with E-state index in [0.29, 0.717) is 5.92 Å². The first-order valence-corrected chi connectivity index (χ1v) is 9.19. The first-order chi connectivity index (χ1) is 10.8. The Balaban J connectivity index is 1.54. The van der Waals surface area contributed by atoms with E-state index in [0.717, 1.165) is 17.8 Å². The van der Waals surface area contributed by atoms with Crippen molar-refractivity contribution in [3.05, 3.63) is 35.4 Å². The average molecular weight is 310 g/mol. The molecule has 5 fully saturated rings. The standard InChI is InChI=1S/C20H27BO2/c1-12-6-8-13(9-7-12)17-14-10-15-16(11-14)20(15,17)21-22-18(2,3)19(4,5)23-21/h6-9,14-17H,10-11H2,1-5H3. The molecule has 1 aromatic carbocycles. The number of hydrogen-bond donors (Lipinski definition) is 0. The Bertz CT molecular complexity index is 635. The van der Waals surface area contributed by atoms with Crippen LogP contribution in [-0.2, 0) is 9.31 Å². The molecule has 2 nitrogen and oxygen atoms in total. The minimum Gasteiger partial charge on any atom is -0.403 e. The van der Waals surface area contributed by atoms with Gasteiger partial charge in [-0.1, -0.05) is 29.8 Å². The van der Waals surface area contributed by atoms with Gasteiger partial charge in [-0.2, -0.15) is 0 Å². The van der Waals surface area contributed by atoms with Crippen molar-refractivity contribution in [1.29, 1.82) is 0 Å². The Morgan fingerprint density at radius 1 is 0.913 bits per heavy atom. The molecule has 4 aliphatic carbocycles. The summed E-state index contributed by atoms with van der Waals surface area (Å²) in [7, 11) is -0.0266. The fourth-order valence-electron chi connectivity index (χ4n) is 6.09. The van der Waals surface area contributed by atoms with E-state index in [2.05, 4.69) is 58.9 Å². The van der Waals surface area contributed by atoms with Gasteiger partial charge in [-0.05, 0) is 76.7 Å². The molecule has 3 heteroatoms. The van der Waals surface area contributed by atoms with Gasteiger partial charge in [0.2, 0.25) is 0 Å². The van der Waals surface area contributed by atoms with Crippen molar-refractivity contribution in [2.45, 2.75) is 69.9 Å². The second-order valence-electron chi connectivity index (χ2n) is 9.42. The number of rotatable bonds is 2. The molecule has 23 heavy (non-hydrogen) atoms. The van der Waals surface area contributed by atoms with Crippen LogP contribution in [0.3, 0.4) is 0 Å². The molecule has 3 atom stereocenters. The van der Waals surface area contributed by atoms with E-state index in [1.807, 2.05) is 0 Å². The smallest absolute Gasteiger partial charge is 0.403 e. The van der Waals surface area contributed by atoms with E-state index in [9.17, 15) is 0 Å². The maximum Gasteiger partial charge on any atom is 0.465 e.